The van der Waals surface area contributed by atoms with Crippen LogP contribution < -0.4 is 0 Å². The van der Waals surface area contributed by atoms with E-state index >= 15 is 0 Å². The van der Waals surface area contributed by atoms with Gasteiger partial charge in [0.05, 0.1) is 11.5 Å². The Labute approximate surface area is 133 Å². The lowest BCUT2D eigenvalue weighted by Gasteiger charge is -2.38. The quantitative estimate of drug-likeness (QED) is 0.825. The predicted octanol–water partition coefficient (Wildman–Crippen LogP) is 5.03. The average Bonchev–Trinajstić information content (AvgIpc) is 2.83. The zero-order valence-corrected chi connectivity index (χ0v) is 14.1. The standard InChI is InChI=1S/C16H19BrClNO/c1-3-11-6-7-16(9-11,10-19)15(2,20)13-5-4-12(17)8-14(13)18/h4-5,8,11,20H,3,6-7,9H2,1-2H3. The lowest BCUT2D eigenvalue weighted by Crippen LogP contribution is -2.41. The van der Waals surface area contributed by atoms with Gasteiger partial charge in [0.25, 0.3) is 0 Å². The van der Waals surface area contributed by atoms with Crippen LogP contribution in [0.3, 0.4) is 0 Å². The Hall–Kier alpha value is -0.560. The van der Waals surface area contributed by atoms with Crippen molar-refractivity contribution in [2.75, 3.05) is 0 Å². The molecule has 2 nitrogen and oxygen atoms in total. The molecule has 0 bridgehead atoms. The third-order valence-electron chi connectivity index (χ3n) is 4.80. The van der Waals surface area contributed by atoms with E-state index in [2.05, 4.69) is 28.9 Å². The van der Waals surface area contributed by atoms with E-state index in [4.69, 9.17) is 11.6 Å². The number of nitriles is 1. The van der Waals surface area contributed by atoms with Crippen LogP contribution in [0, 0.1) is 22.7 Å². The molecule has 108 valence electrons. The molecule has 0 radical (unpaired) electrons. The van der Waals surface area contributed by atoms with Gasteiger partial charge in [-0.25, -0.2) is 0 Å². The minimum atomic E-state index is -1.23. The Morgan fingerprint density at radius 1 is 1.60 bits per heavy atom. The van der Waals surface area contributed by atoms with Gasteiger partial charge >= 0.3 is 0 Å². The highest BCUT2D eigenvalue weighted by atomic mass is 79.9. The summed E-state index contributed by atoms with van der Waals surface area (Å²) in [7, 11) is 0. The first-order valence-electron chi connectivity index (χ1n) is 6.95. The fraction of sp³-hybridized carbons (Fsp3) is 0.562. The Morgan fingerprint density at radius 2 is 2.30 bits per heavy atom. The first kappa shape index (κ1) is 15.8. The van der Waals surface area contributed by atoms with Gasteiger partial charge in [-0.3, -0.25) is 0 Å². The number of aliphatic hydroxyl groups is 1. The van der Waals surface area contributed by atoms with Crippen LogP contribution in [0.25, 0.3) is 0 Å². The van der Waals surface area contributed by atoms with Gasteiger partial charge in [-0.15, -0.1) is 0 Å². The summed E-state index contributed by atoms with van der Waals surface area (Å²) < 4.78 is 0.867. The number of halogens is 2. The summed E-state index contributed by atoms with van der Waals surface area (Å²) in [5.41, 5.74) is -1.34. The Kier molecular flexibility index (Phi) is 4.49. The number of hydrogen-bond donors (Lipinski definition) is 1. The lowest BCUT2D eigenvalue weighted by molar-refractivity contribution is -0.0441. The van der Waals surface area contributed by atoms with E-state index in [-0.39, 0.29) is 0 Å². The first-order chi connectivity index (χ1) is 9.36. The van der Waals surface area contributed by atoms with Gasteiger partial charge in [0.1, 0.15) is 5.60 Å². The molecule has 4 heteroatoms. The molecule has 1 aromatic carbocycles. The molecule has 0 amide bonds. The van der Waals surface area contributed by atoms with E-state index in [1.807, 2.05) is 12.1 Å². The topological polar surface area (TPSA) is 44.0 Å². The molecular weight excluding hydrogens is 338 g/mol. The molecule has 1 aliphatic carbocycles. The molecule has 3 unspecified atom stereocenters. The van der Waals surface area contributed by atoms with Crippen LogP contribution in [0.4, 0.5) is 0 Å². The van der Waals surface area contributed by atoms with E-state index in [0.717, 1.165) is 30.2 Å². The SMILES string of the molecule is CCC1CCC(C#N)(C(C)(O)c2ccc(Br)cc2Cl)C1. The van der Waals surface area contributed by atoms with E-state index in [1.165, 1.54) is 0 Å². The second-order valence-electron chi connectivity index (χ2n) is 5.91. The van der Waals surface area contributed by atoms with Crippen LogP contribution in [0.5, 0.6) is 0 Å². The highest BCUT2D eigenvalue weighted by Crippen LogP contribution is 2.54. The van der Waals surface area contributed by atoms with Crippen molar-refractivity contribution in [3.8, 4) is 6.07 Å². The maximum Gasteiger partial charge on any atom is 0.107 e. The normalized spacial score (nSPS) is 28.9. The van der Waals surface area contributed by atoms with Crippen molar-refractivity contribution in [3.63, 3.8) is 0 Å². The van der Waals surface area contributed by atoms with Gasteiger partial charge in [-0.2, -0.15) is 5.26 Å². The highest BCUT2D eigenvalue weighted by molar-refractivity contribution is 9.10. The summed E-state index contributed by atoms with van der Waals surface area (Å²) >= 11 is 9.65. The molecule has 1 aliphatic rings. The summed E-state index contributed by atoms with van der Waals surface area (Å²) in [4.78, 5) is 0. The maximum atomic E-state index is 11.1. The van der Waals surface area contributed by atoms with Crippen LogP contribution in [0.15, 0.2) is 22.7 Å². The summed E-state index contributed by atoms with van der Waals surface area (Å²) in [5.74, 6) is 0.510. The second-order valence-corrected chi connectivity index (χ2v) is 7.23. The van der Waals surface area contributed by atoms with Crippen LogP contribution in [0.2, 0.25) is 5.02 Å². The molecule has 1 N–H and O–H groups in total. The van der Waals surface area contributed by atoms with Gasteiger partial charge in [0, 0.05) is 15.1 Å². The summed E-state index contributed by atoms with van der Waals surface area (Å²) in [6, 6.07) is 7.83. The molecular formula is C16H19BrClNO. The van der Waals surface area contributed by atoms with Crippen molar-refractivity contribution >= 4 is 27.5 Å². The van der Waals surface area contributed by atoms with Gasteiger partial charge in [-0.1, -0.05) is 46.9 Å². The molecule has 0 heterocycles. The lowest BCUT2D eigenvalue weighted by atomic mass is 9.68. The smallest absolute Gasteiger partial charge is 0.107 e. The second kappa shape index (κ2) is 5.67. The monoisotopic (exact) mass is 355 g/mol. The summed E-state index contributed by atoms with van der Waals surface area (Å²) in [6.45, 7) is 3.86. The Balaban J connectivity index is 2.45. The van der Waals surface area contributed by atoms with Crippen LogP contribution in [0.1, 0.15) is 45.1 Å². The Morgan fingerprint density at radius 3 is 2.80 bits per heavy atom. The average molecular weight is 357 g/mol. The molecule has 3 atom stereocenters. The number of rotatable bonds is 3. The maximum absolute atomic E-state index is 11.1. The number of benzene rings is 1. The molecule has 1 fully saturated rings. The van der Waals surface area contributed by atoms with E-state index in [1.54, 1.807) is 13.0 Å². The van der Waals surface area contributed by atoms with Crippen molar-refractivity contribution in [1.29, 1.82) is 5.26 Å². The molecule has 0 aromatic heterocycles. The molecule has 0 saturated heterocycles. The van der Waals surface area contributed by atoms with Crippen molar-refractivity contribution in [2.45, 2.75) is 45.1 Å². The predicted molar refractivity (Wildman–Crippen MR) is 84.4 cm³/mol. The summed E-state index contributed by atoms with van der Waals surface area (Å²) in [6.07, 6.45) is 3.50. The molecule has 2 rings (SSSR count). The fourth-order valence-electron chi connectivity index (χ4n) is 3.29. The van der Waals surface area contributed by atoms with Gasteiger partial charge < -0.3 is 5.11 Å². The summed E-state index contributed by atoms with van der Waals surface area (Å²) in [5, 5.41) is 21.3. The van der Waals surface area contributed by atoms with Crippen LogP contribution in [-0.2, 0) is 5.60 Å². The van der Waals surface area contributed by atoms with E-state index < -0.39 is 11.0 Å². The zero-order valence-electron chi connectivity index (χ0n) is 11.8. The van der Waals surface area contributed by atoms with Gasteiger partial charge in [0.2, 0.25) is 0 Å². The van der Waals surface area contributed by atoms with Crippen LogP contribution in [-0.4, -0.2) is 5.11 Å². The van der Waals surface area contributed by atoms with Crippen molar-refractivity contribution in [1.82, 2.24) is 0 Å². The zero-order chi connectivity index (χ0) is 15.0. The molecule has 1 aromatic rings. The van der Waals surface area contributed by atoms with Crippen molar-refractivity contribution in [2.24, 2.45) is 11.3 Å². The largest absolute Gasteiger partial charge is 0.384 e. The third kappa shape index (κ3) is 2.50. The number of nitrogens with zero attached hydrogens (tertiary/aromatic N) is 1. The first-order valence-corrected chi connectivity index (χ1v) is 8.12. The van der Waals surface area contributed by atoms with Crippen molar-refractivity contribution < 1.29 is 5.11 Å². The van der Waals surface area contributed by atoms with Crippen LogP contribution >= 0.6 is 27.5 Å². The fourth-order valence-corrected chi connectivity index (χ4v) is 4.15. The van der Waals surface area contributed by atoms with Gasteiger partial charge in [-0.05, 0) is 44.2 Å². The van der Waals surface area contributed by atoms with Gasteiger partial charge in [0.15, 0.2) is 0 Å². The van der Waals surface area contributed by atoms with Crippen molar-refractivity contribution in [3.05, 3.63) is 33.3 Å². The molecule has 20 heavy (non-hydrogen) atoms. The van der Waals surface area contributed by atoms with E-state index in [0.29, 0.717) is 16.5 Å². The highest BCUT2D eigenvalue weighted by Gasteiger charge is 2.53. The minimum Gasteiger partial charge on any atom is -0.384 e. The van der Waals surface area contributed by atoms with E-state index in [9.17, 15) is 10.4 Å². The molecule has 1 saturated carbocycles. The number of hydrogen-bond acceptors (Lipinski definition) is 2. The Bertz CT molecular complexity index is 552. The molecule has 0 aliphatic heterocycles. The minimum absolute atomic E-state index is 0.499. The third-order valence-corrected chi connectivity index (χ3v) is 5.60. The molecule has 0 spiro atoms.